The highest BCUT2D eigenvalue weighted by Crippen LogP contribution is 2.23. The molecule has 0 heterocycles. The molecule has 0 spiro atoms. The van der Waals surface area contributed by atoms with Crippen LogP contribution in [0.5, 0.6) is 0 Å². The molecule has 162 valence electrons. The maximum atomic E-state index is 12.2. The second-order valence-corrected chi connectivity index (χ2v) is 7.98. The Morgan fingerprint density at radius 1 is 0.600 bits per heavy atom. The van der Waals surface area contributed by atoms with Crippen molar-refractivity contribution in [1.29, 1.82) is 0 Å². The van der Waals surface area contributed by atoms with Crippen LogP contribution in [0.25, 0.3) is 0 Å². The van der Waals surface area contributed by atoms with Crippen LogP contribution in [0.2, 0.25) is 0 Å². The molecule has 0 amide bonds. The zero-order chi connectivity index (χ0) is 21.7. The largest absolute Gasteiger partial charge is 0.389 e. The van der Waals surface area contributed by atoms with Gasteiger partial charge < -0.3 is 0 Å². The standard InChI is InChI=1S/C27H33F3/c1-2-3-4-5-6-7-10-23-12-16-25(17-13-23)20-21-26-18-14-24(15-19-26)11-8-9-22-27(28,29)30/h12-19H,2-11,22H2,1H3. The summed E-state index contributed by atoms with van der Waals surface area (Å²) in [6.07, 6.45) is 5.66. The third-order valence-electron chi connectivity index (χ3n) is 5.25. The maximum absolute atomic E-state index is 12.2. The van der Waals surface area contributed by atoms with E-state index in [9.17, 15) is 13.2 Å². The monoisotopic (exact) mass is 414 g/mol. The van der Waals surface area contributed by atoms with Crippen molar-refractivity contribution in [2.45, 2.75) is 83.7 Å². The van der Waals surface area contributed by atoms with Crippen molar-refractivity contribution in [3.05, 3.63) is 70.8 Å². The normalized spacial score (nSPS) is 11.2. The molecule has 0 aliphatic heterocycles. The highest BCUT2D eigenvalue weighted by molar-refractivity contribution is 5.44. The van der Waals surface area contributed by atoms with Gasteiger partial charge in [0.05, 0.1) is 0 Å². The summed E-state index contributed by atoms with van der Waals surface area (Å²) in [5.74, 6) is 6.36. The lowest BCUT2D eigenvalue weighted by molar-refractivity contribution is -0.135. The van der Waals surface area contributed by atoms with Crippen LogP contribution in [0.15, 0.2) is 48.5 Å². The average Bonchev–Trinajstić information content (AvgIpc) is 2.73. The summed E-state index contributed by atoms with van der Waals surface area (Å²) < 4.78 is 36.5. The summed E-state index contributed by atoms with van der Waals surface area (Å²) >= 11 is 0. The van der Waals surface area contributed by atoms with Gasteiger partial charge in [-0.2, -0.15) is 13.2 Å². The SMILES string of the molecule is CCCCCCCCc1ccc(C#Cc2ccc(CCCCC(F)(F)F)cc2)cc1. The van der Waals surface area contributed by atoms with Gasteiger partial charge in [-0.05, 0) is 67.5 Å². The zero-order valence-corrected chi connectivity index (χ0v) is 18.0. The molecule has 2 aromatic carbocycles. The van der Waals surface area contributed by atoms with Crippen molar-refractivity contribution in [3.63, 3.8) is 0 Å². The Morgan fingerprint density at radius 3 is 1.50 bits per heavy atom. The third-order valence-corrected chi connectivity index (χ3v) is 5.25. The van der Waals surface area contributed by atoms with E-state index >= 15 is 0 Å². The first-order chi connectivity index (χ1) is 14.5. The Kier molecular flexibility index (Phi) is 10.6. The molecule has 0 aliphatic carbocycles. The first-order valence-electron chi connectivity index (χ1n) is 11.2. The summed E-state index contributed by atoms with van der Waals surface area (Å²) in [4.78, 5) is 0. The summed E-state index contributed by atoms with van der Waals surface area (Å²) in [6, 6.07) is 16.3. The van der Waals surface area contributed by atoms with Gasteiger partial charge in [-0.1, -0.05) is 75.1 Å². The minimum absolute atomic E-state index is 0.180. The Balaban J connectivity index is 1.74. The van der Waals surface area contributed by atoms with E-state index in [2.05, 4.69) is 43.0 Å². The van der Waals surface area contributed by atoms with E-state index in [4.69, 9.17) is 0 Å². The fraction of sp³-hybridized carbons (Fsp3) is 0.481. The number of benzene rings is 2. The molecular weight excluding hydrogens is 381 g/mol. The van der Waals surface area contributed by atoms with Gasteiger partial charge in [0.25, 0.3) is 0 Å². The highest BCUT2D eigenvalue weighted by atomic mass is 19.4. The summed E-state index contributed by atoms with van der Waals surface area (Å²) in [7, 11) is 0. The Morgan fingerprint density at radius 2 is 1.03 bits per heavy atom. The number of hydrogen-bond acceptors (Lipinski definition) is 0. The van der Waals surface area contributed by atoms with Gasteiger partial charge in [-0.25, -0.2) is 0 Å². The molecule has 2 rings (SSSR count). The van der Waals surface area contributed by atoms with Crippen molar-refractivity contribution in [2.75, 3.05) is 0 Å². The summed E-state index contributed by atoms with van der Waals surface area (Å²) in [5, 5.41) is 0. The lowest BCUT2D eigenvalue weighted by atomic mass is 10.0. The molecule has 3 heteroatoms. The lowest BCUT2D eigenvalue weighted by Gasteiger charge is -2.05. The predicted octanol–water partition coefficient (Wildman–Crippen LogP) is 8.26. The van der Waals surface area contributed by atoms with Crippen molar-refractivity contribution in [2.24, 2.45) is 0 Å². The van der Waals surface area contributed by atoms with Crippen LogP contribution in [0.4, 0.5) is 13.2 Å². The minimum Gasteiger partial charge on any atom is -0.171 e. The quantitative estimate of drug-likeness (QED) is 0.256. The van der Waals surface area contributed by atoms with Crippen LogP contribution in [0.1, 0.15) is 87.0 Å². The van der Waals surface area contributed by atoms with Gasteiger partial charge in [0.2, 0.25) is 0 Å². The Hall–Kier alpha value is -2.21. The first kappa shape index (κ1) is 24.1. The Bertz CT molecular complexity index is 774. The first-order valence-corrected chi connectivity index (χ1v) is 11.2. The number of unbranched alkanes of at least 4 members (excludes halogenated alkanes) is 6. The van der Waals surface area contributed by atoms with Crippen molar-refractivity contribution < 1.29 is 13.2 Å². The number of aryl methyl sites for hydroxylation is 2. The minimum atomic E-state index is -4.05. The summed E-state index contributed by atoms with van der Waals surface area (Å²) in [5.41, 5.74) is 4.34. The van der Waals surface area contributed by atoms with Gasteiger partial charge in [-0.15, -0.1) is 0 Å². The van der Waals surface area contributed by atoms with E-state index < -0.39 is 12.6 Å². The van der Waals surface area contributed by atoms with Gasteiger partial charge >= 0.3 is 6.18 Å². The molecule has 0 radical (unpaired) electrons. The van der Waals surface area contributed by atoms with Crippen LogP contribution in [0.3, 0.4) is 0 Å². The third kappa shape index (κ3) is 10.5. The molecule has 0 unspecified atom stereocenters. The van der Waals surface area contributed by atoms with Crippen LogP contribution in [0, 0.1) is 11.8 Å². The Labute approximate surface area is 179 Å². The van der Waals surface area contributed by atoms with Gasteiger partial charge in [0, 0.05) is 17.5 Å². The molecule has 0 aromatic heterocycles. The zero-order valence-electron chi connectivity index (χ0n) is 18.0. The summed E-state index contributed by atoms with van der Waals surface area (Å²) in [6.45, 7) is 2.24. The highest BCUT2D eigenvalue weighted by Gasteiger charge is 2.25. The predicted molar refractivity (Wildman–Crippen MR) is 120 cm³/mol. The molecular formula is C27H33F3. The number of halogens is 3. The van der Waals surface area contributed by atoms with E-state index in [1.807, 2.05) is 24.3 Å². The van der Waals surface area contributed by atoms with E-state index in [0.717, 1.165) is 23.1 Å². The second kappa shape index (κ2) is 13.2. The molecule has 0 saturated heterocycles. The van der Waals surface area contributed by atoms with Crippen LogP contribution >= 0.6 is 0 Å². The van der Waals surface area contributed by atoms with Gasteiger partial charge in [-0.3, -0.25) is 0 Å². The average molecular weight is 415 g/mol. The molecule has 0 saturated carbocycles. The molecule has 0 bridgehead atoms. The van der Waals surface area contributed by atoms with E-state index in [1.54, 1.807) is 0 Å². The van der Waals surface area contributed by atoms with Gasteiger partial charge in [0.15, 0.2) is 0 Å². The molecule has 0 atom stereocenters. The fourth-order valence-corrected chi connectivity index (χ4v) is 3.42. The number of rotatable bonds is 11. The molecule has 2 aromatic rings. The van der Waals surface area contributed by atoms with Crippen LogP contribution < -0.4 is 0 Å². The number of hydrogen-bond donors (Lipinski definition) is 0. The second-order valence-electron chi connectivity index (χ2n) is 7.98. The van der Waals surface area contributed by atoms with E-state index in [1.165, 1.54) is 44.1 Å². The van der Waals surface area contributed by atoms with Crippen molar-refractivity contribution in [3.8, 4) is 11.8 Å². The van der Waals surface area contributed by atoms with Crippen molar-refractivity contribution in [1.82, 2.24) is 0 Å². The maximum Gasteiger partial charge on any atom is 0.389 e. The van der Waals surface area contributed by atoms with Crippen LogP contribution in [-0.4, -0.2) is 6.18 Å². The smallest absolute Gasteiger partial charge is 0.171 e. The van der Waals surface area contributed by atoms with E-state index in [-0.39, 0.29) is 6.42 Å². The van der Waals surface area contributed by atoms with E-state index in [0.29, 0.717) is 12.8 Å². The molecule has 0 nitrogen and oxygen atoms in total. The van der Waals surface area contributed by atoms with Crippen LogP contribution in [-0.2, 0) is 12.8 Å². The number of alkyl halides is 3. The molecule has 0 aliphatic rings. The molecule has 30 heavy (non-hydrogen) atoms. The van der Waals surface area contributed by atoms with Crippen molar-refractivity contribution >= 4 is 0 Å². The fourth-order valence-electron chi connectivity index (χ4n) is 3.42. The lowest BCUT2D eigenvalue weighted by Crippen LogP contribution is -2.06. The molecule has 0 N–H and O–H groups in total. The topological polar surface area (TPSA) is 0 Å². The van der Waals surface area contributed by atoms with Gasteiger partial charge in [0.1, 0.15) is 0 Å². The molecule has 0 fully saturated rings.